The van der Waals surface area contributed by atoms with Crippen molar-refractivity contribution in [1.29, 1.82) is 0 Å². The maximum Gasteiger partial charge on any atom is 0.243 e. The Hall–Kier alpha value is -0.790. The Balaban J connectivity index is 1.63. The van der Waals surface area contributed by atoms with Gasteiger partial charge < -0.3 is 8.92 Å². The molecule has 0 fully saturated rings. The average molecular weight is 331 g/mol. The smallest absolute Gasteiger partial charge is 0.243 e. The zero-order valence-electron chi connectivity index (χ0n) is 8.50. The van der Waals surface area contributed by atoms with Crippen molar-refractivity contribution in [3.8, 4) is 5.75 Å². The van der Waals surface area contributed by atoms with Crippen LogP contribution in [0.3, 0.4) is 0 Å². The van der Waals surface area contributed by atoms with Crippen molar-refractivity contribution in [3.63, 3.8) is 0 Å². The molecule has 0 N–H and O–H groups in total. The van der Waals surface area contributed by atoms with E-state index in [1.165, 1.54) is 11.0 Å². The van der Waals surface area contributed by atoms with Crippen LogP contribution in [0.2, 0.25) is 0 Å². The summed E-state index contributed by atoms with van der Waals surface area (Å²) in [6.45, 7) is 0.345. The van der Waals surface area contributed by atoms with Crippen molar-refractivity contribution in [2.24, 2.45) is 9.39 Å². The summed E-state index contributed by atoms with van der Waals surface area (Å²) >= 11 is 3.34. The van der Waals surface area contributed by atoms with Crippen molar-refractivity contribution in [3.05, 3.63) is 30.3 Å². The highest BCUT2D eigenvalue weighted by molar-refractivity contribution is 9.19. The number of aliphatic imine (C=N–C) groups is 1. The molecule has 2 aliphatic heterocycles. The van der Waals surface area contributed by atoms with Crippen LogP contribution >= 0.6 is 36.7 Å². The first-order chi connectivity index (χ1) is 8.33. The summed E-state index contributed by atoms with van der Waals surface area (Å²) < 4.78 is 16.1. The lowest BCUT2D eigenvalue weighted by molar-refractivity contribution is 0.357. The lowest BCUT2D eigenvalue weighted by Gasteiger charge is -2.06. The molecule has 0 saturated carbocycles. The normalized spacial score (nSPS) is 21.7. The van der Waals surface area contributed by atoms with Crippen LogP contribution in [0, 0.1) is 0 Å². The van der Waals surface area contributed by atoms with Crippen LogP contribution < -0.4 is 4.74 Å². The number of ether oxygens (including phenoxy) is 1. The molecule has 0 aliphatic carbocycles. The molecular formula is C10H7BrN2O2S2. The van der Waals surface area contributed by atoms with Crippen LogP contribution in [0.5, 0.6) is 5.75 Å². The number of nitrogens with zero attached hydrogens (tertiary/aromatic N) is 2. The van der Waals surface area contributed by atoms with Gasteiger partial charge in [-0.15, -0.1) is 0 Å². The molecule has 88 valence electrons. The first-order valence-electron chi connectivity index (χ1n) is 4.79. The quantitative estimate of drug-likeness (QED) is 0.485. The molecule has 1 aromatic rings. The van der Waals surface area contributed by atoms with Crippen LogP contribution in [0.4, 0.5) is 0 Å². The van der Waals surface area contributed by atoms with Gasteiger partial charge in [0.05, 0.1) is 11.0 Å². The van der Waals surface area contributed by atoms with Gasteiger partial charge >= 0.3 is 0 Å². The summed E-state index contributed by atoms with van der Waals surface area (Å²) in [6.07, 6.45) is 0. The van der Waals surface area contributed by atoms with Crippen LogP contribution in [-0.2, 0) is 4.18 Å². The number of benzene rings is 1. The highest BCUT2D eigenvalue weighted by atomic mass is 79.9. The third-order valence-electron chi connectivity index (χ3n) is 2.02. The van der Waals surface area contributed by atoms with Crippen molar-refractivity contribution < 1.29 is 8.92 Å². The average Bonchev–Trinajstić information content (AvgIpc) is 2.91. The SMILES string of the molecule is BrC1=NSS2=C1N=C(COc1ccccc1)O2. The van der Waals surface area contributed by atoms with Gasteiger partial charge in [0.25, 0.3) is 0 Å². The van der Waals surface area contributed by atoms with Crippen LogP contribution in [0.15, 0.2) is 39.7 Å². The molecular weight excluding hydrogens is 324 g/mol. The third-order valence-corrected chi connectivity index (χ3v) is 5.72. The fourth-order valence-electron chi connectivity index (χ4n) is 1.29. The third kappa shape index (κ3) is 2.41. The summed E-state index contributed by atoms with van der Waals surface area (Å²) in [4.78, 5) is 5.21. The van der Waals surface area contributed by atoms with E-state index in [0.29, 0.717) is 12.5 Å². The van der Waals surface area contributed by atoms with Gasteiger partial charge in [0, 0.05) is 0 Å². The molecule has 2 heterocycles. The summed E-state index contributed by atoms with van der Waals surface area (Å²) in [5, 5.41) is 0. The van der Waals surface area contributed by atoms with Crippen LogP contribution in [0.1, 0.15) is 0 Å². The molecule has 0 amide bonds. The Morgan fingerprint density at radius 3 is 2.94 bits per heavy atom. The van der Waals surface area contributed by atoms with Crippen LogP contribution in [-0.4, -0.2) is 22.1 Å². The second-order valence-corrected chi connectivity index (χ2v) is 6.65. The molecule has 0 radical (unpaired) electrons. The molecule has 0 spiro atoms. The van der Waals surface area contributed by atoms with E-state index in [4.69, 9.17) is 8.92 Å². The van der Waals surface area contributed by atoms with Crippen molar-refractivity contribution >= 4 is 52.2 Å². The Labute approximate surface area is 113 Å². The second kappa shape index (κ2) is 4.83. The van der Waals surface area contributed by atoms with Gasteiger partial charge in [-0.3, -0.25) is 0 Å². The summed E-state index contributed by atoms with van der Waals surface area (Å²) in [5.41, 5.74) is 0. The van der Waals surface area contributed by atoms with E-state index in [1.54, 1.807) is 0 Å². The number of halogens is 1. The Morgan fingerprint density at radius 1 is 1.35 bits per heavy atom. The minimum Gasteiger partial charge on any atom is -0.484 e. The standard InChI is InChI=1S/C10H7BrN2O2S2/c11-9-10-12-8(15-17(10)16-13-9)6-14-7-4-2-1-3-5-7/h1-5H,6H2. The summed E-state index contributed by atoms with van der Waals surface area (Å²) in [6, 6.07) is 9.60. The van der Waals surface area contributed by atoms with E-state index < -0.39 is 0 Å². The molecule has 1 unspecified atom stereocenters. The molecule has 2 aliphatic rings. The van der Waals surface area contributed by atoms with Gasteiger partial charge in [-0.2, -0.15) is 4.40 Å². The van der Waals surface area contributed by atoms with Gasteiger partial charge in [0.1, 0.15) is 15.5 Å². The van der Waals surface area contributed by atoms with Crippen molar-refractivity contribution in [2.75, 3.05) is 6.61 Å². The maximum absolute atomic E-state index is 5.61. The molecule has 0 bridgehead atoms. The Kier molecular flexibility index (Phi) is 3.21. The fourth-order valence-corrected chi connectivity index (χ4v) is 5.03. The molecule has 0 aromatic heterocycles. The molecule has 7 heteroatoms. The molecule has 17 heavy (non-hydrogen) atoms. The van der Waals surface area contributed by atoms with E-state index in [1.807, 2.05) is 30.3 Å². The summed E-state index contributed by atoms with van der Waals surface area (Å²) in [5.74, 6) is 1.41. The maximum atomic E-state index is 5.61. The van der Waals surface area contributed by atoms with Crippen molar-refractivity contribution in [2.45, 2.75) is 0 Å². The van der Waals surface area contributed by atoms with E-state index in [-0.39, 0.29) is 9.80 Å². The van der Waals surface area contributed by atoms with E-state index in [2.05, 4.69) is 25.3 Å². The highest BCUT2D eigenvalue weighted by Crippen LogP contribution is 2.44. The molecule has 3 rings (SSSR count). The monoisotopic (exact) mass is 330 g/mol. The number of hydrogen-bond acceptors (Lipinski definition) is 5. The molecule has 1 atom stereocenters. The first kappa shape index (κ1) is 11.3. The topological polar surface area (TPSA) is 43.2 Å². The second-order valence-electron chi connectivity index (χ2n) is 3.19. The van der Waals surface area contributed by atoms with E-state index in [0.717, 1.165) is 15.4 Å². The minimum atomic E-state index is -0.387. The van der Waals surface area contributed by atoms with Gasteiger partial charge in [-0.25, -0.2) is 4.99 Å². The number of rotatable bonds is 3. The molecule has 4 nitrogen and oxygen atoms in total. The van der Waals surface area contributed by atoms with Gasteiger partial charge in [-0.05, 0) is 28.1 Å². The van der Waals surface area contributed by atoms with Gasteiger partial charge in [-0.1, -0.05) is 18.2 Å². The fraction of sp³-hybridized carbons (Fsp3) is 0.100. The van der Waals surface area contributed by atoms with E-state index in [9.17, 15) is 0 Å². The lowest BCUT2D eigenvalue weighted by Crippen LogP contribution is -2.11. The van der Waals surface area contributed by atoms with Gasteiger partial charge in [0.2, 0.25) is 5.90 Å². The zero-order valence-corrected chi connectivity index (χ0v) is 11.7. The van der Waals surface area contributed by atoms with E-state index >= 15 is 0 Å². The zero-order chi connectivity index (χ0) is 11.7. The summed E-state index contributed by atoms with van der Waals surface area (Å²) in [7, 11) is 0.999. The predicted molar refractivity (Wildman–Crippen MR) is 77.0 cm³/mol. The minimum absolute atomic E-state index is 0.345. The lowest BCUT2D eigenvalue weighted by atomic mass is 10.3. The van der Waals surface area contributed by atoms with Gasteiger partial charge in [0.15, 0.2) is 16.2 Å². The predicted octanol–water partition coefficient (Wildman–Crippen LogP) is 3.18. The molecule has 1 aromatic carbocycles. The Morgan fingerprint density at radius 2 is 2.18 bits per heavy atom. The number of para-hydroxylation sites is 1. The largest absolute Gasteiger partial charge is 0.484 e. The van der Waals surface area contributed by atoms with Crippen LogP contribution in [0.25, 0.3) is 0 Å². The molecule has 0 saturated heterocycles. The highest BCUT2D eigenvalue weighted by Gasteiger charge is 2.27. The Bertz CT molecular complexity index is 542. The van der Waals surface area contributed by atoms with Crippen molar-refractivity contribution in [1.82, 2.24) is 0 Å². The first-order valence-corrected chi connectivity index (χ1v) is 8.02. The number of hydrogen-bond donors (Lipinski definition) is 0.